The molecule has 5 rings (SSSR count). The van der Waals surface area contributed by atoms with Crippen molar-refractivity contribution in [2.45, 2.75) is 19.4 Å². The normalized spacial score (nSPS) is 15.1. The van der Waals surface area contributed by atoms with E-state index < -0.39 is 0 Å². The number of anilines is 1. The van der Waals surface area contributed by atoms with Gasteiger partial charge in [-0.2, -0.15) is 5.10 Å². The summed E-state index contributed by atoms with van der Waals surface area (Å²) < 4.78 is 16.4. The summed E-state index contributed by atoms with van der Waals surface area (Å²) in [7, 11) is 0. The topological polar surface area (TPSA) is 97.3 Å². The Kier molecular flexibility index (Phi) is 6.17. The first-order chi connectivity index (χ1) is 17.1. The van der Waals surface area contributed by atoms with Crippen LogP contribution in [0.3, 0.4) is 0 Å². The number of nitrogens with zero attached hydrogens (tertiary/aromatic N) is 2. The van der Waals surface area contributed by atoms with Crippen molar-refractivity contribution < 1.29 is 23.2 Å². The molecule has 3 heterocycles. The lowest BCUT2D eigenvalue weighted by molar-refractivity contribution is -0.135. The smallest absolute Gasteiger partial charge is 0.291 e. The van der Waals surface area contributed by atoms with Gasteiger partial charge in [0.25, 0.3) is 11.8 Å². The Hall–Kier alpha value is -4.59. The van der Waals surface area contributed by atoms with E-state index in [1.165, 1.54) is 11.3 Å². The minimum absolute atomic E-state index is 0.194. The predicted molar refractivity (Wildman–Crippen MR) is 129 cm³/mol. The van der Waals surface area contributed by atoms with Gasteiger partial charge in [0.05, 0.1) is 18.2 Å². The largest absolute Gasteiger partial charge is 0.484 e. The van der Waals surface area contributed by atoms with Gasteiger partial charge in [0, 0.05) is 12.1 Å². The number of amides is 2. The summed E-state index contributed by atoms with van der Waals surface area (Å²) in [5, 5.41) is 8.78. The van der Waals surface area contributed by atoms with Crippen LogP contribution in [-0.2, 0) is 4.79 Å². The highest BCUT2D eigenvalue weighted by Gasteiger charge is 2.35. The van der Waals surface area contributed by atoms with Gasteiger partial charge < -0.3 is 18.9 Å². The molecule has 176 valence electrons. The van der Waals surface area contributed by atoms with E-state index in [1.807, 2.05) is 37.3 Å². The molecule has 0 bridgehead atoms. The van der Waals surface area contributed by atoms with Gasteiger partial charge >= 0.3 is 0 Å². The molecule has 8 nitrogen and oxygen atoms in total. The van der Waals surface area contributed by atoms with Gasteiger partial charge in [-0.1, -0.05) is 29.8 Å². The zero-order valence-corrected chi connectivity index (χ0v) is 19.0. The summed E-state index contributed by atoms with van der Waals surface area (Å²) in [6.07, 6.45) is 3.57. The molecule has 8 heteroatoms. The van der Waals surface area contributed by atoms with Crippen LogP contribution in [-0.4, -0.2) is 29.1 Å². The number of ether oxygens (including phenoxy) is 1. The number of furan rings is 2. The first-order valence-electron chi connectivity index (χ1n) is 11.1. The van der Waals surface area contributed by atoms with Crippen molar-refractivity contribution in [3.05, 3.63) is 108 Å². The number of hydrazone groups is 1. The molecule has 35 heavy (non-hydrogen) atoms. The molecule has 0 saturated carbocycles. The molecular weight excluding hydrogens is 446 g/mol. The van der Waals surface area contributed by atoms with Crippen molar-refractivity contribution in [2.24, 2.45) is 5.10 Å². The molecule has 0 saturated heterocycles. The molecule has 0 aliphatic carbocycles. The Labute approximate surface area is 201 Å². The summed E-state index contributed by atoms with van der Waals surface area (Å²) in [6, 6.07) is 21.3. The third-order valence-corrected chi connectivity index (χ3v) is 5.64. The maximum atomic E-state index is 13.1. The van der Waals surface area contributed by atoms with Gasteiger partial charge in [-0.25, -0.2) is 5.01 Å². The highest BCUT2D eigenvalue weighted by Crippen LogP contribution is 2.33. The first-order valence-corrected chi connectivity index (χ1v) is 11.1. The highest BCUT2D eigenvalue weighted by atomic mass is 16.5. The van der Waals surface area contributed by atoms with E-state index in [0.29, 0.717) is 23.6 Å². The molecule has 1 N–H and O–H groups in total. The van der Waals surface area contributed by atoms with Crippen LogP contribution in [0.15, 0.2) is 99.3 Å². The number of carbonyl (C=O) groups is 2. The Morgan fingerprint density at radius 2 is 1.74 bits per heavy atom. The molecular formula is C27H23N3O5. The van der Waals surface area contributed by atoms with Crippen LogP contribution in [0.5, 0.6) is 5.75 Å². The van der Waals surface area contributed by atoms with Crippen LogP contribution in [0.2, 0.25) is 0 Å². The summed E-state index contributed by atoms with van der Waals surface area (Å²) in [5.41, 5.74) is 3.52. The second-order valence-corrected chi connectivity index (χ2v) is 8.13. The van der Waals surface area contributed by atoms with Crippen molar-refractivity contribution in [1.82, 2.24) is 5.01 Å². The average Bonchev–Trinajstić information content (AvgIpc) is 3.65. The maximum Gasteiger partial charge on any atom is 0.291 e. The van der Waals surface area contributed by atoms with E-state index in [4.69, 9.17) is 13.6 Å². The van der Waals surface area contributed by atoms with Crippen molar-refractivity contribution >= 4 is 23.2 Å². The molecule has 0 fully saturated rings. The lowest BCUT2D eigenvalue weighted by atomic mass is 10.0. The van der Waals surface area contributed by atoms with Crippen LogP contribution >= 0.6 is 0 Å². The number of aryl methyl sites for hydroxylation is 1. The van der Waals surface area contributed by atoms with Gasteiger partial charge in [0.1, 0.15) is 17.6 Å². The number of hydrogen-bond acceptors (Lipinski definition) is 6. The minimum Gasteiger partial charge on any atom is -0.484 e. The Balaban J connectivity index is 1.25. The Bertz CT molecular complexity index is 1320. The number of benzene rings is 2. The van der Waals surface area contributed by atoms with Gasteiger partial charge in [-0.3, -0.25) is 9.59 Å². The molecule has 2 aromatic carbocycles. The monoisotopic (exact) mass is 469 g/mol. The minimum atomic E-state index is -0.348. The average molecular weight is 469 g/mol. The SMILES string of the molecule is Cc1ccc(C2=NN(C(=O)COc3ccc(NC(=O)c4ccco4)cc3)[C@@H](c3ccco3)C2)cc1. The van der Waals surface area contributed by atoms with Gasteiger partial charge in [-0.15, -0.1) is 0 Å². The van der Waals surface area contributed by atoms with Crippen LogP contribution in [0, 0.1) is 6.92 Å². The predicted octanol–water partition coefficient (Wildman–Crippen LogP) is 5.19. The van der Waals surface area contributed by atoms with E-state index in [0.717, 1.165) is 16.8 Å². The molecule has 0 spiro atoms. The maximum absolute atomic E-state index is 13.1. The Morgan fingerprint density at radius 3 is 2.43 bits per heavy atom. The van der Waals surface area contributed by atoms with E-state index in [9.17, 15) is 9.59 Å². The van der Waals surface area contributed by atoms with E-state index in [1.54, 1.807) is 48.7 Å². The summed E-state index contributed by atoms with van der Waals surface area (Å²) in [6.45, 7) is 1.83. The fraction of sp³-hybridized carbons (Fsp3) is 0.148. The molecule has 1 aliphatic rings. The lowest BCUT2D eigenvalue weighted by Crippen LogP contribution is -2.31. The summed E-state index contributed by atoms with van der Waals surface area (Å²) >= 11 is 0. The van der Waals surface area contributed by atoms with Crippen molar-refractivity contribution in [2.75, 3.05) is 11.9 Å². The molecule has 0 unspecified atom stereocenters. The highest BCUT2D eigenvalue weighted by molar-refractivity contribution is 6.03. The van der Waals surface area contributed by atoms with E-state index >= 15 is 0 Å². The van der Waals surface area contributed by atoms with Crippen LogP contribution in [0.4, 0.5) is 5.69 Å². The zero-order valence-electron chi connectivity index (χ0n) is 19.0. The molecule has 0 radical (unpaired) electrons. The Morgan fingerprint density at radius 1 is 1.00 bits per heavy atom. The molecule has 2 aromatic heterocycles. The van der Waals surface area contributed by atoms with Gasteiger partial charge in [-0.05, 0) is 61.0 Å². The van der Waals surface area contributed by atoms with Crippen molar-refractivity contribution in [3.63, 3.8) is 0 Å². The van der Waals surface area contributed by atoms with E-state index in [2.05, 4.69) is 10.4 Å². The van der Waals surface area contributed by atoms with E-state index in [-0.39, 0.29) is 30.2 Å². The molecule has 2 amide bonds. The standard InChI is InChI=1S/C27H23N3O5/c1-18-6-8-19(9-7-18)22-16-23(24-4-2-14-33-24)30(29-22)26(31)17-35-21-12-10-20(11-13-21)28-27(32)25-5-3-15-34-25/h2-15,23H,16-17H2,1H3,(H,28,32)/t23-/m1/s1. The fourth-order valence-corrected chi connectivity index (χ4v) is 3.81. The van der Waals surface area contributed by atoms with Gasteiger partial charge in [0.2, 0.25) is 0 Å². The molecule has 1 atom stereocenters. The number of rotatable bonds is 7. The molecule has 4 aromatic rings. The number of nitrogens with one attached hydrogen (secondary N) is 1. The third kappa shape index (κ3) is 5.01. The fourth-order valence-electron chi connectivity index (χ4n) is 3.81. The number of carbonyl (C=O) groups excluding carboxylic acids is 2. The zero-order chi connectivity index (χ0) is 24.2. The van der Waals surface area contributed by atoms with Crippen LogP contribution in [0.1, 0.15) is 39.9 Å². The van der Waals surface area contributed by atoms with Gasteiger partial charge in [0.15, 0.2) is 12.4 Å². The van der Waals surface area contributed by atoms with Crippen molar-refractivity contribution in [1.29, 1.82) is 0 Å². The quantitative estimate of drug-likeness (QED) is 0.402. The summed E-state index contributed by atoms with van der Waals surface area (Å²) in [5.74, 6) is 0.743. The summed E-state index contributed by atoms with van der Waals surface area (Å²) in [4.78, 5) is 25.2. The lowest BCUT2D eigenvalue weighted by Gasteiger charge is -2.20. The second-order valence-electron chi connectivity index (χ2n) is 8.13. The number of hydrogen-bond donors (Lipinski definition) is 1. The van der Waals surface area contributed by atoms with Crippen LogP contribution in [0.25, 0.3) is 0 Å². The second kappa shape index (κ2) is 9.72. The third-order valence-electron chi connectivity index (χ3n) is 5.64. The van der Waals surface area contributed by atoms with Crippen molar-refractivity contribution in [3.8, 4) is 5.75 Å². The van der Waals surface area contributed by atoms with Crippen LogP contribution < -0.4 is 10.1 Å². The first kappa shape index (κ1) is 22.2. The molecule has 1 aliphatic heterocycles.